The van der Waals surface area contributed by atoms with Gasteiger partial charge in [-0.05, 0) is 85.8 Å². The van der Waals surface area contributed by atoms with Crippen molar-refractivity contribution >= 4 is 23.6 Å². The van der Waals surface area contributed by atoms with Gasteiger partial charge in [0, 0.05) is 23.8 Å². The molecule has 0 radical (unpaired) electrons. The first kappa shape index (κ1) is 24.5. The molecule has 7 atom stereocenters. The summed E-state index contributed by atoms with van der Waals surface area (Å²) < 4.78 is 6.14. The number of fused-ring (bicyclic) bond motifs is 1. The smallest absolute Gasteiger partial charge is 0.302 e. The maximum atomic E-state index is 12.2. The maximum Gasteiger partial charge on any atom is 0.302 e. The van der Waals surface area contributed by atoms with Gasteiger partial charge in [-0.25, -0.2) is 0 Å². The van der Waals surface area contributed by atoms with E-state index in [9.17, 15) is 9.90 Å². The lowest BCUT2D eigenvalue weighted by molar-refractivity contribution is -0.173. The van der Waals surface area contributed by atoms with Crippen LogP contribution in [0.3, 0.4) is 0 Å². The zero-order valence-electron chi connectivity index (χ0n) is 20.4. The molecule has 0 aliphatic heterocycles. The minimum atomic E-state index is -0.251. The van der Waals surface area contributed by atoms with Crippen LogP contribution in [0.15, 0.2) is 42.5 Å². The molecular formula is C29H39ClO3. The Kier molecular flexibility index (Phi) is 7.13. The van der Waals surface area contributed by atoms with Crippen LogP contribution in [0.2, 0.25) is 5.02 Å². The summed E-state index contributed by atoms with van der Waals surface area (Å²) in [4.78, 5) is 12.2. The molecule has 3 saturated carbocycles. The minimum absolute atomic E-state index is 0.0228. The van der Waals surface area contributed by atoms with Crippen molar-refractivity contribution < 1.29 is 14.6 Å². The standard InChI is InChI=1S/C29H39ClO3/c1-19-8-13-25-27(33-20(2)31)26(15-17-28(19,25)3)29(4)16-14-24(32)18-22(29)7-5-6-21-9-11-23(30)12-10-21/h5-6,9-12,22,24-27,32H,1,7-8,13-18H2,2-4H3/b6-5-/t22-,24-,25?,26?,27-,28+,29-/m0/s1. The molecule has 180 valence electrons. The van der Waals surface area contributed by atoms with Gasteiger partial charge in [0.05, 0.1) is 6.10 Å². The van der Waals surface area contributed by atoms with Gasteiger partial charge in [-0.15, -0.1) is 0 Å². The van der Waals surface area contributed by atoms with E-state index in [1.807, 2.05) is 24.3 Å². The molecule has 0 spiro atoms. The Morgan fingerprint density at radius 2 is 1.91 bits per heavy atom. The second kappa shape index (κ2) is 9.58. The fourth-order valence-corrected chi connectivity index (χ4v) is 7.37. The lowest BCUT2D eigenvalue weighted by Gasteiger charge is -2.56. The summed E-state index contributed by atoms with van der Waals surface area (Å²) in [7, 11) is 0. The Labute approximate surface area is 204 Å². The molecule has 1 aromatic rings. The summed E-state index contributed by atoms with van der Waals surface area (Å²) in [5.41, 5.74) is 2.56. The molecule has 3 aliphatic rings. The normalized spacial score (nSPS) is 38.9. The molecule has 1 aromatic carbocycles. The zero-order chi connectivity index (χ0) is 23.8. The van der Waals surface area contributed by atoms with E-state index in [1.54, 1.807) is 6.92 Å². The third kappa shape index (κ3) is 4.82. The van der Waals surface area contributed by atoms with E-state index in [0.29, 0.717) is 17.8 Å². The van der Waals surface area contributed by atoms with Crippen molar-refractivity contribution in [1.82, 2.24) is 0 Å². The highest BCUT2D eigenvalue weighted by Gasteiger charge is 2.58. The first-order chi connectivity index (χ1) is 15.6. The highest BCUT2D eigenvalue weighted by Crippen LogP contribution is 2.62. The fraction of sp³-hybridized carbons (Fsp3) is 0.621. The summed E-state index contributed by atoms with van der Waals surface area (Å²) in [6.45, 7) is 10.7. The molecule has 3 fully saturated rings. The first-order valence-electron chi connectivity index (χ1n) is 12.6. The summed E-state index contributed by atoms with van der Waals surface area (Å²) in [5.74, 6) is 0.834. The molecule has 0 bridgehead atoms. The molecule has 3 nitrogen and oxygen atoms in total. The Morgan fingerprint density at radius 3 is 2.61 bits per heavy atom. The summed E-state index contributed by atoms with van der Waals surface area (Å²) in [6.07, 6.45) is 11.9. The predicted molar refractivity (Wildman–Crippen MR) is 135 cm³/mol. The molecule has 4 rings (SSSR count). The van der Waals surface area contributed by atoms with Crippen LogP contribution in [0.4, 0.5) is 0 Å². The molecule has 33 heavy (non-hydrogen) atoms. The van der Waals surface area contributed by atoms with Crippen molar-refractivity contribution in [1.29, 1.82) is 0 Å². The molecule has 0 amide bonds. The molecule has 2 unspecified atom stereocenters. The van der Waals surface area contributed by atoms with Crippen LogP contribution >= 0.6 is 11.6 Å². The van der Waals surface area contributed by atoms with Gasteiger partial charge in [0.15, 0.2) is 0 Å². The lowest BCUT2D eigenvalue weighted by atomic mass is 9.51. The number of hydrogen-bond donors (Lipinski definition) is 1. The number of hydrogen-bond acceptors (Lipinski definition) is 3. The average molecular weight is 471 g/mol. The van der Waals surface area contributed by atoms with Crippen LogP contribution < -0.4 is 0 Å². The molecular weight excluding hydrogens is 432 g/mol. The topological polar surface area (TPSA) is 46.5 Å². The summed E-state index contributed by atoms with van der Waals surface area (Å²) in [6, 6.07) is 7.88. The van der Waals surface area contributed by atoms with Gasteiger partial charge in [0.2, 0.25) is 0 Å². The van der Waals surface area contributed by atoms with E-state index in [0.717, 1.165) is 62.0 Å². The second-order valence-electron chi connectivity index (χ2n) is 11.2. The van der Waals surface area contributed by atoms with Crippen molar-refractivity contribution in [2.75, 3.05) is 0 Å². The Balaban J connectivity index is 1.59. The van der Waals surface area contributed by atoms with Crippen LogP contribution in [-0.2, 0) is 9.53 Å². The first-order valence-corrected chi connectivity index (χ1v) is 13.0. The van der Waals surface area contributed by atoms with Crippen LogP contribution in [0, 0.1) is 28.6 Å². The van der Waals surface area contributed by atoms with Gasteiger partial charge >= 0.3 is 5.97 Å². The van der Waals surface area contributed by atoms with Crippen LogP contribution in [0.5, 0.6) is 0 Å². The quantitative estimate of drug-likeness (QED) is 0.364. The summed E-state index contributed by atoms with van der Waals surface area (Å²) >= 11 is 6.02. The second-order valence-corrected chi connectivity index (χ2v) is 11.6. The maximum absolute atomic E-state index is 12.2. The number of allylic oxidation sites excluding steroid dienone is 2. The van der Waals surface area contributed by atoms with Gasteiger partial charge in [-0.2, -0.15) is 0 Å². The highest BCUT2D eigenvalue weighted by atomic mass is 35.5. The monoisotopic (exact) mass is 470 g/mol. The third-order valence-electron chi connectivity index (χ3n) is 9.41. The minimum Gasteiger partial charge on any atom is -0.462 e. The van der Waals surface area contributed by atoms with Gasteiger partial charge < -0.3 is 9.84 Å². The van der Waals surface area contributed by atoms with Gasteiger partial charge in [0.25, 0.3) is 0 Å². The van der Waals surface area contributed by atoms with E-state index in [2.05, 4.69) is 32.6 Å². The van der Waals surface area contributed by atoms with Crippen molar-refractivity contribution in [3.63, 3.8) is 0 Å². The van der Waals surface area contributed by atoms with Crippen LogP contribution in [0.1, 0.15) is 77.7 Å². The molecule has 3 aliphatic carbocycles. The average Bonchev–Trinajstić information content (AvgIpc) is 3.07. The molecule has 0 saturated heterocycles. The van der Waals surface area contributed by atoms with Crippen LogP contribution in [-0.4, -0.2) is 23.3 Å². The number of esters is 1. The highest BCUT2D eigenvalue weighted by molar-refractivity contribution is 6.30. The zero-order valence-corrected chi connectivity index (χ0v) is 21.1. The van der Waals surface area contributed by atoms with Gasteiger partial charge in [-0.1, -0.05) is 61.9 Å². The van der Waals surface area contributed by atoms with Crippen LogP contribution in [0.25, 0.3) is 6.08 Å². The SMILES string of the molecule is C=C1CCC2[C@H](OC(C)=O)C([C@@]3(C)CC[C@H](O)C[C@@H]3C/C=C\c3ccc(Cl)cc3)CC[C@]12C. The molecule has 0 aromatic heterocycles. The van der Waals surface area contributed by atoms with E-state index < -0.39 is 0 Å². The van der Waals surface area contributed by atoms with Crippen molar-refractivity contribution in [2.24, 2.45) is 28.6 Å². The van der Waals surface area contributed by atoms with Crippen molar-refractivity contribution in [2.45, 2.75) is 84.3 Å². The number of halogens is 1. The number of carbonyl (C=O) groups is 1. The van der Waals surface area contributed by atoms with E-state index >= 15 is 0 Å². The number of aliphatic hydroxyl groups is 1. The predicted octanol–water partition coefficient (Wildman–Crippen LogP) is 7.22. The number of ether oxygens (including phenoxy) is 1. The Morgan fingerprint density at radius 1 is 1.18 bits per heavy atom. The van der Waals surface area contributed by atoms with E-state index in [-0.39, 0.29) is 29.0 Å². The van der Waals surface area contributed by atoms with Crippen molar-refractivity contribution in [3.05, 3.63) is 53.1 Å². The van der Waals surface area contributed by atoms with Gasteiger partial charge in [-0.3, -0.25) is 4.79 Å². The Hall–Kier alpha value is -1.58. The van der Waals surface area contributed by atoms with E-state index in [4.69, 9.17) is 16.3 Å². The molecule has 0 heterocycles. The number of rotatable bonds is 5. The fourth-order valence-electron chi connectivity index (χ4n) is 7.24. The third-order valence-corrected chi connectivity index (χ3v) is 9.66. The largest absolute Gasteiger partial charge is 0.462 e. The number of aliphatic hydroxyl groups excluding tert-OH is 1. The number of benzene rings is 1. The number of carbonyl (C=O) groups excluding carboxylic acids is 1. The van der Waals surface area contributed by atoms with Gasteiger partial charge in [0.1, 0.15) is 6.10 Å². The summed E-state index contributed by atoms with van der Waals surface area (Å²) in [5, 5.41) is 11.3. The van der Waals surface area contributed by atoms with Crippen molar-refractivity contribution in [3.8, 4) is 0 Å². The molecule has 1 N–H and O–H groups in total. The Bertz CT molecular complexity index is 906. The van der Waals surface area contributed by atoms with E-state index in [1.165, 1.54) is 5.57 Å². The lowest BCUT2D eigenvalue weighted by Crippen LogP contribution is -2.54. The molecule has 4 heteroatoms.